The quantitative estimate of drug-likeness (QED) is 0.853. The number of halogens is 2. The summed E-state index contributed by atoms with van der Waals surface area (Å²) in [6.07, 6.45) is 1.53. The van der Waals surface area contributed by atoms with Gasteiger partial charge >= 0.3 is 0 Å². The number of ether oxygens (including phenoxy) is 2. The van der Waals surface area contributed by atoms with E-state index in [2.05, 4.69) is 5.32 Å². The molecule has 2 rings (SSSR count). The second-order valence-corrected chi connectivity index (χ2v) is 2.98. The number of rotatable bonds is 2. The smallest absolute Gasteiger partial charge is 0.232 e. The van der Waals surface area contributed by atoms with Gasteiger partial charge in [0, 0.05) is 10.7 Å². The first-order valence-electron chi connectivity index (χ1n) is 3.82. The van der Waals surface area contributed by atoms with Crippen molar-refractivity contribution in [3.8, 4) is 0 Å². The minimum absolute atomic E-state index is 0. The van der Waals surface area contributed by atoms with Crippen LogP contribution in [0.1, 0.15) is 0 Å². The average Bonchev–Trinajstić information content (AvgIpc) is 2.57. The lowest BCUT2D eigenvalue weighted by molar-refractivity contribution is 0.0823. The van der Waals surface area contributed by atoms with E-state index in [4.69, 9.17) is 21.1 Å². The monoisotopic (exact) mass is 233 g/mol. The highest BCUT2D eigenvalue weighted by molar-refractivity contribution is 6.30. The Labute approximate surface area is 93.1 Å². The number of anilines is 1. The van der Waals surface area contributed by atoms with Gasteiger partial charge in [0.1, 0.15) is 6.26 Å². The lowest BCUT2D eigenvalue weighted by Gasteiger charge is -2.04. The predicted octanol–water partition coefficient (Wildman–Crippen LogP) is 2.98. The number of nitrogens with one attached hydrogen (secondary N) is 1. The molecule has 0 saturated heterocycles. The average molecular weight is 234 g/mol. The molecule has 0 saturated carbocycles. The van der Waals surface area contributed by atoms with Gasteiger partial charge < -0.3 is 14.8 Å². The van der Waals surface area contributed by atoms with Gasteiger partial charge in [-0.25, -0.2) is 0 Å². The molecule has 0 aromatic heterocycles. The molecule has 14 heavy (non-hydrogen) atoms. The highest BCUT2D eigenvalue weighted by Gasteiger charge is 2.05. The van der Waals surface area contributed by atoms with Crippen molar-refractivity contribution in [2.75, 3.05) is 12.1 Å². The Morgan fingerprint density at radius 1 is 1.36 bits per heavy atom. The summed E-state index contributed by atoms with van der Waals surface area (Å²) in [4.78, 5) is 0. The molecule has 1 heterocycles. The second kappa shape index (κ2) is 4.98. The molecule has 0 atom stereocenters. The standard InChI is InChI=1S/C9H8ClNO2.ClH/c10-7-2-1-3-8(4-7)11-9-5-12-6-13-9;/h1-5,11H,6H2;1H. The van der Waals surface area contributed by atoms with Crippen LogP contribution in [-0.4, -0.2) is 6.79 Å². The molecule has 0 aliphatic carbocycles. The Morgan fingerprint density at radius 3 is 2.86 bits per heavy atom. The van der Waals surface area contributed by atoms with Crippen LogP contribution in [0.25, 0.3) is 0 Å². The Morgan fingerprint density at radius 2 is 2.21 bits per heavy atom. The van der Waals surface area contributed by atoms with E-state index < -0.39 is 0 Å². The van der Waals surface area contributed by atoms with Crippen LogP contribution in [-0.2, 0) is 9.47 Å². The zero-order valence-corrected chi connectivity index (χ0v) is 8.77. The highest BCUT2D eigenvalue weighted by atomic mass is 35.5. The van der Waals surface area contributed by atoms with Crippen LogP contribution in [0.2, 0.25) is 5.02 Å². The first kappa shape index (κ1) is 11.0. The molecule has 1 N–H and O–H groups in total. The molecule has 1 aromatic rings. The van der Waals surface area contributed by atoms with E-state index in [1.807, 2.05) is 24.3 Å². The van der Waals surface area contributed by atoms with Crippen LogP contribution >= 0.6 is 24.0 Å². The fraction of sp³-hybridized carbons (Fsp3) is 0.111. The Bertz CT molecular complexity index is 341. The summed E-state index contributed by atoms with van der Waals surface area (Å²) in [6, 6.07) is 7.38. The fourth-order valence-corrected chi connectivity index (χ4v) is 1.21. The zero-order chi connectivity index (χ0) is 9.10. The topological polar surface area (TPSA) is 30.5 Å². The van der Waals surface area contributed by atoms with Gasteiger partial charge in [0.05, 0.1) is 0 Å². The second-order valence-electron chi connectivity index (χ2n) is 2.55. The molecular weight excluding hydrogens is 225 g/mol. The third kappa shape index (κ3) is 2.72. The number of hydrogen-bond donors (Lipinski definition) is 1. The van der Waals surface area contributed by atoms with Gasteiger partial charge in [-0.2, -0.15) is 0 Å². The molecule has 1 aromatic carbocycles. The highest BCUT2D eigenvalue weighted by Crippen LogP contribution is 2.18. The van der Waals surface area contributed by atoms with Gasteiger partial charge in [-0.3, -0.25) is 0 Å². The van der Waals surface area contributed by atoms with E-state index in [-0.39, 0.29) is 19.2 Å². The van der Waals surface area contributed by atoms with E-state index >= 15 is 0 Å². The molecule has 1 aliphatic rings. The largest absolute Gasteiger partial charge is 0.459 e. The summed E-state index contributed by atoms with van der Waals surface area (Å²) in [7, 11) is 0. The van der Waals surface area contributed by atoms with Crippen LogP contribution < -0.4 is 5.32 Å². The Kier molecular flexibility index (Phi) is 3.92. The summed E-state index contributed by atoms with van der Waals surface area (Å²) < 4.78 is 9.96. The molecule has 3 nitrogen and oxygen atoms in total. The van der Waals surface area contributed by atoms with Crippen molar-refractivity contribution >= 4 is 29.7 Å². The number of hydrogen-bond acceptors (Lipinski definition) is 3. The van der Waals surface area contributed by atoms with Gasteiger partial charge in [0.2, 0.25) is 12.7 Å². The van der Waals surface area contributed by atoms with Crippen LogP contribution in [0.15, 0.2) is 36.4 Å². The maximum atomic E-state index is 5.80. The minimum atomic E-state index is 0. The molecule has 0 spiro atoms. The zero-order valence-electron chi connectivity index (χ0n) is 7.20. The lowest BCUT2D eigenvalue weighted by atomic mass is 10.3. The van der Waals surface area contributed by atoms with Crippen molar-refractivity contribution in [2.45, 2.75) is 0 Å². The van der Waals surface area contributed by atoms with Gasteiger partial charge in [-0.05, 0) is 18.2 Å². The van der Waals surface area contributed by atoms with Crippen molar-refractivity contribution in [3.05, 3.63) is 41.4 Å². The van der Waals surface area contributed by atoms with Crippen LogP contribution in [0.3, 0.4) is 0 Å². The molecule has 1 aliphatic heterocycles. The number of benzene rings is 1. The van der Waals surface area contributed by atoms with Crippen molar-refractivity contribution < 1.29 is 9.47 Å². The molecule has 0 fully saturated rings. The lowest BCUT2D eigenvalue weighted by Crippen LogP contribution is -1.99. The van der Waals surface area contributed by atoms with Crippen LogP contribution in [0.5, 0.6) is 0 Å². The van der Waals surface area contributed by atoms with Gasteiger partial charge in [0.15, 0.2) is 0 Å². The van der Waals surface area contributed by atoms with Crippen molar-refractivity contribution in [1.29, 1.82) is 0 Å². The van der Waals surface area contributed by atoms with Crippen molar-refractivity contribution in [1.82, 2.24) is 0 Å². The third-order valence-corrected chi connectivity index (χ3v) is 1.80. The fourth-order valence-electron chi connectivity index (χ4n) is 1.02. The molecule has 5 heteroatoms. The molecule has 0 unspecified atom stereocenters. The Hall–Kier alpha value is -1.06. The van der Waals surface area contributed by atoms with E-state index in [9.17, 15) is 0 Å². The van der Waals surface area contributed by atoms with Crippen molar-refractivity contribution in [2.24, 2.45) is 0 Å². The molecule has 76 valence electrons. The van der Waals surface area contributed by atoms with E-state index in [0.717, 1.165) is 5.69 Å². The third-order valence-electron chi connectivity index (χ3n) is 1.56. The normalized spacial score (nSPS) is 13.4. The van der Waals surface area contributed by atoms with E-state index in [0.29, 0.717) is 10.9 Å². The predicted molar refractivity (Wildman–Crippen MR) is 57.4 cm³/mol. The Balaban J connectivity index is 0.000000980. The van der Waals surface area contributed by atoms with Crippen molar-refractivity contribution in [3.63, 3.8) is 0 Å². The molecule has 0 bridgehead atoms. The maximum Gasteiger partial charge on any atom is 0.232 e. The van der Waals surface area contributed by atoms with E-state index in [1.54, 1.807) is 0 Å². The van der Waals surface area contributed by atoms with E-state index in [1.165, 1.54) is 6.26 Å². The summed E-state index contributed by atoms with van der Waals surface area (Å²) >= 11 is 5.80. The van der Waals surface area contributed by atoms with Crippen LogP contribution in [0.4, 0.5) is 5.69 Å². The first-order chi connectivity index (χ1) is 6.34. The first-order valence-corrected chi connectivity index (χ1v) is 4.19. The maximum absolute atomic E-state index is 5.80. The summed E-state index contributed by atoms with van der Waals surface area (Å²) in [5.74, 6) is 0.599. The van der Waals surface area contributed by atoms with Crippen LogP contribution in [0, 0.1) is 0 Å². The molecule has 0 radical (unpaired) electrons. The summed E-state index contributed by atoms with van der Waals surface area (Å²) in [6.45, 7) is 0.267. The summed E-state index contributed by atoms with van der Waals surface area (Å²) in [5, 5.41) is 3.70. The molecule has 0 amide bonds. The van der Waals surface area contributed by atoms with Gasteiger partial charge in [-0.15, -0.1) is 12.4 Å². The summed E-state index contributed by atoms with van der Waals surface area (Å²) in [5.41, 5.74) is 0.879. The SMILES string of the molecule is Cl.Clc1cccc(NC2=COCO2)c1. The van der Waals surface area contributed by atoms with Gasteiger partial charge in [-0.1, -0.05) is 17.7 Å². The molecular formula is C9H9Cl2NO2. The van der Waals surface area contributed by atoms with Gasteiger partial charge in [0.25, 0.3) is 0 Å². The minimum Gasteiger partial charge on any atom is -0.459 e.